The quantitative estimate of drug-likeness (QED) is 0.655. The largest absolute Gasteiger partial charge is 0.462 e. The lowest BCUT2D eigenvalue weighted by molar-refractivity contribution is -0.111. The summed E-state index contributed by atoms with van der Waals surface area (Å²) in [6.07, 6.45) is 3.06. The number of anilines is 1. The molecule has 0 fully saturated rings. The predicted octanol–water partition coefficient (Wildman–Crippen LogP) is 3.93. The van der Waals surface area contributed by atoms with E-state index in [1.807, 2.05) is 0 Å². The van der Waals surface area contributed by atoms with E-state index in [1.165, 1.54) is 6.08 Å². The van der Waals surface area contributed by atoms with Crippen molar-refractivity contribution in [3.05, 3.63) is 51.5 Å². The van der Waals surface area contributed by atoms with Crippen LogP contribution < -0.4 is 5.32 Å². The summed E-state index contributed by atoms with van der Waals surface area (Å²) in [5.41, 5.74) is 1.39. The van der Waals surface area contributed by atoms with Crippen molar-refractivity contribution in [2.24, 2.45) is 0 Å². The van der Waals surface area contributed by atoms with Gasteiger partial charge in [-0.2, -0.15) is 0 Å². The summed E-state index contributed by atoms with van der Waals surface area (Å²) in [4.78, 5) is 28.2. The Morgan fingerprint density at radius 3 is 2.70 bits per heavy atom. The highest BCUT2D eigenvalue weighted by Crippen LogP contribution is 2.23. The van der Waals surface area contributed by atoms with E-state index in [1.54, 1.807) is 44.2 Å². The van der Waals surface area contributed by atoms with Gasteiger partial charge in [0.15, 0.2) is 5.13 Å². The number of aryl methyl sites for hydroxylation is 1. The topological polar surface area (TPSA) is 68.3 Å². The van der Waals surface area contributed by atoms with Gasteiger partial charge in [0, 0.05) is 11.1 Å². The molecule has 1 N–H and O–H groups in total. The first-order chi connectivity index (χ1) is 11.0. The molecular weight excluding hydrogens is 336 g/mol. The first kappa shape index (κ1) is 17.2. The number of aromatic nitrogens is 1. The Morgan fingerprint density at radius 2 is 2.04 bits per heavy atom. The predicted molar refractivity (Wildman–Crippen MR) is 91.9 cm³/mol. The molecule has 0 radical (unpaired) electrons. The lowest BCUT2D eigenvalue weighted by Crippen LogP contribution is -2.07. The summed E-state index contributed by atoms with van der Waals surface area (Å²) in [6.45, 7) is 3.72. The second kappa shape index (κ2) is 7.89. The number of rotatable bonds is 5. The molecule has 1 aromatic heterocycles. The number of amides is 1. The third kappa shape index (κ3) is 4.91. The second-order valence-corrected chi connectivity index (χ2v) is 5.96. The number of carbonyl (C=O) groups is 2. The fraction of sp³-hybridized carbons (Fsp3) is 0.188. The number of hydrogen-bond acceptors (Lipinski definition) is 5. The fourth-order valence-corrected chi connectivity index (χ4v) is 2.72. The second-order valence-electron chi connectivity index (χ2n) is 4.53. The van der Waals surface area contributed by atoms with Crippen LogP contribution in [0.25, 0.3) is 6.08 Å². The normalized spacial score (nSPS) is 10.7. The smallest absolute Gasteiger partial charge is 0.350 e. The monoisotopic (exact) mass is 350 g/mol. The summed E-state index contributed by atoms with van der Waals surface area (Å²) in [5, 5.41) is 3.62. The van der Waals surface area contributed by atoms with Crippen LogP contribution >= 0.6 is 22.9 Å². The number of thiazole rings is 1. The molecule has 0 aliphatic carbocycles. The van der Waals surface area contributed by atoms with Crippen molar-refractivity contribution in [1.29, 1.82) is 0 Å². The molecule has 0 saturated heterocycles. The van der Waals surface area contributed by atoms with Crippen LogP contribution in [-0.4, -0.2) is 23.5 Å². The van der Waals surface area contributed by atoms with Gasteiger partial charge in [0.25, 0.3) is 0 Å². The zero-order valence-electron chi connectivity index (χ0n) is 12.6. The minimum absolute atomic E-state index is 0.293. The zero-order chi connectivity index (χ0) is 16.8. The summed E-state index contributed by atoms with van der Waals surface area (Å²) < 4.78 is 4.94. The van der Waals surface area contributed by atoms with Crippen molar-refractivity contribution in [3.8, 4) is 0 Å². The van der Waals surface area contributed by atoms with Crippen LogP contribution in [0, 0.1) is 6.92 Å². The molecule has 7 heteroatoms. The van der Waals surface area contributed by atoms with E-state index in [9.17, 15) is 9.59 Å². The summed E-state index contributed by atoms with van der Waals surface area (Å²) >= 11 is 6.89. The van der Waals surface area contributed by atoms with E-state index in [2.05, 4.69) is 10.3 Å². The lowest BCUT2D eigenvalue weighted by Gasteiger charge is -1.98. The number of halogens is 1. The van der Waals surface area contributed by atoms with Crippen LogP contribution in [0.3, 0.4) is 0 Å². The Bertz CT molecular complexity index is 738. The van der Waals surface area contributed by atoms with Gasteiger partial charge in [-0.25, -0.2) is 9.78 Å². The molecule has 0 spiro atoms. The maximum absolute atomic E-state index is 11.9. The molecule has 2 aromatic rings. The zero-order valence-corrected chi connectivity index (χ0v) is 14.2. The van der Waals surface area contributed by atoms with E-state index in [4.69, 9.17) is 16.3 Å². The van der Waals surface area contributed by atoms with Gasteiger partial charge in [-0.15, -0.1) is 0 Å². The molecule has 0 aliphatic rings. The number of esters is 1. The molecule has 0 unspecified atom stereocenters. The number of ether oxygens (including phenoxy) is 1. The highest BCUT2D eigenvalue weighted by molar-refractivity contribution is 7.17. The van der Waals surface area contributed by atoms with Gasteiger partial charge in [0.05, 0.1) is 12.3 Å². The van der Waals surface area contributed by atoms with Gasteiger partial charge in [-0.3, -0.25) is 10.1 Å². The summed E-state index contributed by atoms with van der Waals surface area (Å²) in [7, 11) is 0. The molecular formula is C16H15ClN2O3S. The van der Waals surface area contributed by atoms with Crippen molar-refractivity contribution in [1.82, 2.24) is 4.98 Å². The van der Waals surface area contributed by atoms with E-state index in [-0.39, 0.29) is 5.91 Å². The third-order valence-electron chi connectivity index (χ3n) is 2.78. The molecule has 1 amide bonds. The number of nitrogens with one attached hydrogen (secondary N) is 1. The van der Waals surface area contributed by atoms with Crippen molar-refractivity contribution in [3.63, 3.8) is 0 Å². The highest BCUT2D eigenvalue weighted by atomic mass is 35.5. The number of nitrogens with zero attached hydrogens (tertiary/aromatic N) is 1. The minimum atomic E-state index is -0.431. The standard InChI is InChI=1S/C16H15ClN2O3S/c1-3-22-15(21)14-10(2)18-16(23-14)19-13(20)9-6-11-4-7-12(17)8-5-11/h4-9H,3H2,1-2H3,(H,18,19,20). The van der Waals surface area contributed by atoms with E-state index >= 15 is 0 Å². The first-order valence-electron chi connectivity index (χ1n) is 6.88. The Balaban J connectivity index is 2.01. The van der Waals surface area contributed by atoms with E-state index in [0.717, 1.165) is 16.9 Å². The molecule has 1 aromatic carbocycles. The van der Waals surface area contributed by atoms with Crippen LogP contribution in [0.5, 0.6) is 0 Å². The molecule has 2 rings (SSSR count). The maximum atomic E-state index is 11.9. The molecule has 23 heavy (non-hydrogen) atoms. The molecule has 0 atom stereocenters. The van der Waals surface area contributed by atoms with Crippen LogP contribution in [-0.2, 0) is 9.53 Å². The van der Waals surface area contributed by atoms with Gasteiger partial charge in [0.1, 0.15) is 4.88 Å². The van der Waals surface area contributed by atoms with Crippen LogP contribution in [0.15, 0.2) is 30.3 Å². The maximum Gasteiger partial charge on any atom is 0.350 e. The molecule has 1 heterocycles. The van der Waals surface area contributed by atoms with Crippen molar-refractivity contribution >= 4 is 46.0 Å². The first-order valence-corrected chi connectivity index (χ1v) is 8.08. The number of benzene rings is 1. The lowest BCUT2D eigenvalue weighted by atomic mass is 10.2. The third-order valence-corrected chi connectivity index (χ3v) is 4.09. The van der Waals surface area contributed by atoms with E-state index < -0.39 is 5.97 Å². The van der Waals surface area contributed by atoms with Crippen molar-refractivity contribution in [2.45, 2.75) is 13.8 Å². The Labute approximate surface area is 143 Å². The summed E-state index contributed by atoms with van der Waals surface area (Å²) in [6, 6.07) is 7.10. The minimum Gasteiger partial charge on any atom is -0.462 e. The number of carbonyl (C=O) groups excluding carboxylic acids is 2. The molecule has 0 bridgehead atoms. The van der Waals surface area contributed by atoms with Gasteiger partial charge < -0.3 is 4.74 Å². The van der Waals surface area contributed by atoms with Crippen molar-refractivity contribution in [2.75, 3.05) is 11.9 Å². The average Bonchev–Trinajstić information content (AvgIpc) is 2.87. The van der Waals surface area contributed by atoms with Crippen molar-refractivity contribution < 1.29 is 14.3 Å². The van der Waals surface area contributed by atoms with Crippen LogP contribution in [0.1, 0.15) is 27.9 Å². The van der Waals surface area contributed by atoms with Gasteiger partial charge in [0.2, 0.25) is 5.91 Å². The molecule has 0 saturated carbocycles. The summed E-state index contributed by atoms with van der Waals surface area (Å²) in [5.74, 6) is -0.760. The van der Waals surface area contributed by atoms with Crippen LogP contribution in [0.4, 0.5) is 5.13 Å². The molecule has 0 aliphatic heterocycles. The Kier molecular flexibility index (Phi) is 5.90. The molecule has 120 valence electrons. The highest BCUT2D eigenvalue weighted by Gasteiger charge is 2.16. The fourth-order valence-electron chi connectivity index (χ4n) is 1.73. The Hall–Kier alpha value is -2.18. The van der Waals surface area contributed by atoms with Crippen LogP contribution in [0.2, 0.25) is 5.02 Å². The van der Waals surface area contributed by atoms with Gasteiger partial charge in [-0.1, -0.05) is 35.1 Å². The Morgan fingerprint density at radius 1 is 1.35 bits per heavy atom. The van der Waals surface area contributed by atoms with Gasteiger partial charge >= 0.3 is 5.97 Å². The van der Waals surface area contributed by atoms with E-state index in [0.29, 0.717) is 27.3 Å². The molecule has 5 nitrogen and oxygen atoms in total. The average molecular weight is 351 g/mol. The SMILES string of the molecule is CCOC(=O)c1sc(NC(=O)C=Cc2ccc(Cl)cc2)nc1C. The van der Waals surface area contributed by atoms with Gasteiger partial charge in [-0.05, 0) is 37.6 Å². The number of hydrogen-bond donors (Lipinski definition) is 1.